The molecule has 4 heterocycles. The zero-order valence-electron chi connectivity index (χ0n) is 16.3. The van der Waals surface area contributed by atoms with Gasteiger partial charge in [-0.1, -0.05) is 42.3 Å². The Morgan fingerprint density at radius 3 is 2.86 bits per heavy atom. The van der Waals surface area contributed by atoms with E-state index in [0.717, 1.165) is 54.7 Å². The van der Waals surface area contributed by atoms with Gasteiger partial charge in [-0.25, -0.2) is 4.98 Å². The van der Waals surface area contributed by atoms with Crippen LogP contribution in [0.1, 0.15) is 24.0 Å². The molecule has 1 saturated heterocycles. The highest BCUT2D eigenvalue weighted by Crippen LogP contribution is 2.42. The van der Waals surface area contributed by atoms with Crippen LogP contribution in [0.15, 0.2) is 54.8 Å². The van der Waals surface area contributed by atoms with Crippen LogP contribution in [-0.2, 0) is 6.42 Å². The van der Waals surface area contributed by atoms with Gasteiger partial charge >= 0.3 is 7.12 Å². The smallest absolute Gasteiger partial charge is 0.531 e. The van der Waals surface area contributed by atoms with Crippen molar-refractivity contribution in [3.8, 4) is 5.75 Å². The first-order valence-corrected chi connectivity index (χ1v) is 11.2. The van der Waals surface area contributed by atoms with Gasteiger partial charge in [-0.2, -0.15) is 0 Å². The third kappa shape index (κ3) is 3.95. The minimum absolute atomic E-state index is 0.429. The summed E-state index contributed by atoms with van der Waals surface area (Å²) in [5.74, 6) is 4.11. The van der Waals surface area contributed by atoms with Crippen LogP contribution in [0.2, 0.25) is 0 Å². The lowest BCUT2D eigenvalue weighted by Gasteiger charge is -2.34. The van der Waals surface area contributed by atoms with Gasteiger partial charge < -0.3 is 14.7 Å². The number of nitrogens with one attached hydrogen (secondary N) is 1. The van der Waals surface area contributed by atoms with Crippen molar-refractivity contribution in [2.24, 2.45) is 5.92 Å². The number of hydrogen-bond donors (Lipinski definition) is 2. The summed E-state index contributed by atoms with van der Waals surface area (Å²) < 4.78 is 8.13. The number of piperidine rings is 1. The molecule has 0 bridgehead atoms. The second kappa shape index (κ2) is 8.26. The Labute approximate surface area is 175 Å². The Morgan fingerprint density at radius 2 is 2.03 bits per heavy atom. The molecule has 0 radical (unpaired) electrons. The second-order valence-electron chi connectivity index (χ2n) is 7.64. The maximum absolute atomic E-state index is 10.2. The maximum Gasteiger partial charge on any atom is 0.552 e. The lowest BCUT2D eigenvalue weighted by Crippen LogP contribution is -2.32. The molecular formula is C22H24BN3O2S. The van der Waals surface area contributed by atoms with Gasteiger partial charge in [-0.3, -0.25) is 4.31 Å². The van der Waals surface area contributed by atoms with E-state index in [1.807, 2.05) is 30.2 Å². The van der Waals surface area contributed by atoms with Crippen LogP contribution in [0, 0.1) is 5.92 Å². The van der Waals surface area contributed by atoms with Crippen LogP contribution in [0.3, 0.4) is 0 Å². The number of rotatable bonds is 5. The number of aryl methyl sites for hydroxylation is 1. The SMILES string of the molecule is OB1C=C(C2CCN(SCCc3ccccc3)CC2)c2c(cnc3[nH]ccc23)O1. The summed E-state index contributed by atoms with van der Waals surface area (Å²) in [6, 6.07) is 12.7. The third-order valence-electron chi connectivity index (χ3n) is 5.81. The highest BCUT2D eigenvalue weighted by molar-refractivity contribution is 7.97. The van der Waals surface area contributed by atoms with Crippen molar-refractivity contribution >= 4 is 35.7 Å². The Bertz CT molecular complexity index is 1020. The fraction of sp³-hybridized carbons (Fsp3) is 0.318. The first kappa shape index (κ1) is 18.8. The summed E-state index contributed by atoms with van der Waals surface area (Å²) in [7, 11) is -0.894. The zero-order valence-corrected chi connectivity index (χ0v) is 17.1. The molecule has 0 atom stereocenters. The van der Waals surface area contributed by atoms with E-state index in [2.05, 4.69) is 44.6 Å². The third-order valence-corrected chi connectivity index (χ3v) is 6.93. The molecule has 0 unspecified atom stereocenters. The molecule has 7 heteroatoms. The van der Waals surface area contributed by atoms with Crippen LogP contribution in [0.25, 0.3) is 16.6 Å². The standard InChI is InChI=1S/C22H24BN3O2S/c27-23-14-19(21-18-6-10-24-22(18)25-15-20(21)28-23)17-7-11-26(12-8-17)29-13-9-16-4-2-1-3-5-16/h1-6,10,14-15,17,27H,7-9,11-13H2,(H,24,25). The number of fused-ring (bicyclic) bond motifs is 3. The number of hydrogen-bond acceptors (Lipinski definition) is 5. The van der Waals surface area contributed by atoms with Crippen molar-refractivity contribution in [1.82, 2.24) is 14.3 Å². The minimum atomic E-state index is -0.894. The Morgan fingerprint density at radius 1 is 1.21 bits per heavy atom. The molecule has 1 aromatic carbocycles. The van der Waals surface area contributed by atoms with Crippen LogP contribution < -0.4 is 4.65 Å². The maximum atomic E-state index is 10.2. The molecule has 2 aliphatic rings. The zero-order chi connectivity index (χ0) is 19.6. The molecule has 29 heavy (non-hydrogen) atoms. The number of benzene rings is 1. The Balaban J connectivity index is 1.25. The minimum Gasteiger partial charge on any atom is -0.531 e. The molecule has 5 nitrogen and oxygen atoms in total. The number of nitrogens with zero attached hydrogens (tertiary/aromatic N) is 2. The van der Waals surface area contributed by atoms with E-state index >= 15 is 0 Å². The van der Waals surface area contributed by atoms with Gasteiger partial charge in [0, 0.05) is 36.0 Å². The predicted molar refractivity (Wildman–Crippen MR) is 120 cm³/mol. The summed E-state index contributed by atoms with van der Waals surface area (Å²) >= 11 is 1.96. The number of aromatic nitrogens is 2. The van der Waals surface area contributed by atoms with Crippen LogP contribution in [0.5, 0.6) is 5.75 Å². The predicted octanol–water partition coefficient (Wildman–Crippen LogP) is 3.96. The van der Waals surface area contributed by atoms with Crippen LogP contribution in [-0.4, -0.2) is 45.3 Å². The molecule has 2 aliphatic heterocycles. The first-order valence-electron chi connectivity index (χ1n) is 10.2. The van der Waals surface area contributed by atoms with Gasteiger partial charge in [-0.15, -0.1) is 0 Å². The van der Waals surface area contributed by atoms with E-state index in [1.165, 1.54) is 11.1 Å². The monoisotopic (exact) mass is 405 g/mol. The number of pyridine rings is 1. The Kier molecular flexibility index (Phi) is 5.35. The average molecular weight is 405 g/mol. The normalized spacial score (nSPS) is 17.8. The molecule has 0 spiro atoms. The molecule has 2 N–H and O–H groups in total. The van der Waals surface area contributed by atoms with Gasteiger partial charge in [0.1, 0.15) is 11.4 Å². The number of allylic oxidation sites excluding steroid dienone is 1. The van der Waals surface area contributed by atoms with Gasteiger partial charge in [0.2, 0.25) is 0 Å². The highest BCUT2D eigenvalue weighted by Gasteiger charge is 2.32. The van der Waals surface area contributed by atoms with Crippen molar-refractivity contribution in [2.45, 2.75) is 19.3 Å². The quantitative estimate of drug-likeness (QED) is 0.497. The topological polar surface area (TPSA) is 61.4 Å². The van der Waals surface area contributed by atoms with E-state index in [1.54, 1.807) is 6.20 Å². The van der Waals surface area contributed by atoms with E-state index in [0.29, 0.717) is 11.7 Å². The summed E-state index contributed by atoms with van der Waals surface area (Å²) in [6.07, 6.45) is 6.91. The molecule has 5 rings (SSSR count). The molecule has 3 aromatic rings. The summed E-state index contributed by atoms with van der Waals surface area (Å²) in [4.78, 5) is 7.59. The van der Waals surface area contributed by atoms with Crippen molar-refractivity contribution in [3.63, 3.8) is 0 Å². The molecule has 0 aliphatic carbocycles. The lowest BCUT2D eigenvalue weighted by molar-refractivity contribution is 0.334. The number of H-pyrrole nitrogens is 1. The van der Waals surface area contributed by atoms with Crippen LogP contribution in [0.4, 0.5) is 0 Å². The van der Waals surface area contributed by atoms with Crippen molar-refractivity contribution in [2.75, 3.05) is 18.8 Å². The van der Waals surface area contributed by atoms with Crippen LogP contribution >= 0.6 is 11.9 Å². The van der Waals surface area contributed by atoms with E-state index < -0.39 is 7.12 Å². The fourth-order valence-electron chi connectivity index (χ4n) is 4.35. The summed E-state index contributed by atoms with van der Waals surface area (Å²) in [6.45, 7) is 2.13. The molecular weight excluding hydrogens is 381 g/mol. The fourth-order valence-corrected chi connectivity index (χ4v) is 5.41. The van der Waals surface area contributed by atoms with Crippen molar-refractivity contribution in [3.05, 3.63) is 65.9 Å². The van der Waals surface area contributed by atoms with Gasteiger partial charge in [0.05, 0.1) is 6.20 Å². The largest absolute Gasteiger partial charge is 0.552 e. The molecule has 148 valence electrons. The molecule has 0 saturated carbocycles. The summed E-state index contributed by atoms with van der Waals surface area (Å²) in [5, 5.41) is 11.3. The first-order chi connectivity index (χ1) is 14.3. The molecule has 0 amide bonds. The second-order valence-corrected chi connectivity index (χ2v) is 8.82. The van der Waals surface area contributed by atoms with Crippen molar-refractivity contribution < 1.29 is 9.68 Å². The van der Waals surface area contributed by atoms with Gasteiger partial charge in [0.25, 0.3) is 0 Å². The molecule has 1 fully saturated rings. The average Bonchev–Trinajstić information content (AvgIpc) is 3.23. The van der Waals surface area contributed by atoms with Gasteiger partial charge in [-0.05, 0) is 48.4 Å². The summed E-state index contributed by atoms with van der Waals surface area (Å²) in [5.41, 5.74) is 4.57. The van der Waals surface area contributed by atoms with E-state index in [4.69, 9.17) is 4.65 Å². The number of aromatic amines is 1. The Hall–Kier alpha value is -2.22. The van der Waals surface area contributed by atoms with E-state index in [9.17, 15) is 5.02 Å². The highest BCUT2D eigenvalue weighted by atomic mass is 32.2. The molecule has 2 aromatic heterocycles. The van der Waals surface area contributed by atoms with E-state index in [-0.39, 0.29) is 0 Å². The van der Waals surface area contributed by atoms with Crippen molar-refractivity contribution in [1.29, 1.82) is 0 Å². The van der Waals surface area contributed by atoms with Gasteiger partial charge in [0.15, 0.2) is 0 Å². The lowest BCUT2D eigenvalue weighted by atomic mass is 9.74.